The Bertz CT molecular complexity index is 700. The monoisotopic (exact) mass is 308 g/mol. The Labute approximate surface area is 137 Å². The summed E-state index contributed by atoms with van der Waals surface area (Å²) in [6.45, 7) is 2.53. The first kappa shape index (κ1) is 16.6. The lowest BCUT2D eigenvalue weighted by molar-refractivity contribution is 0.214. The minimum atomic E-state index is 0.241. The number of aryl methyl sites for hydroxylation is 1. The molecule has 2 aromatic carbocycles. The van der Waals surface area contributed by atoms with Crippen molar-refractivity contribution in [3.05, 3.63) is 65.2 Å². The molecule has 0 heterocycles. The molecule has 0 aliphatic heterocycles. The van der Waals surface area contributed by atoms with Crippen molar-refractivity contribution in [1.29, 1.82) is 5.26 Å². The van der Waals surface area contributed by atoms with Gasteiger partial charge in [0.25, 0.3) is 0 Å². The predicted molar refractivity (Wildman–Crippen MR) is 90.4 cm³/mol. The SMILES string of the molecule is CCCc1ccc(OCc2ccccc2C(C#N)=NOC)cc1. The van der Waals surface area contributed by atoms with Gasteiger partial charge in [-0.15, -0.1) is 0 Å². The lowest BCUT2D eigenvalue weighted by Gasteiger charge is -2.10. The average molecular weight is 308 g/mol. The van der Waals surface area contributed by atoms with E-state index in [1.165, 1.54) is 12.7 Å². The maximum Gasteiger partial charge on any atom is 0.187 e. The molecule has 4 heteroatoms. The minimum absolute atomic E-state index is 0.241. The summed E-state index contributed by atoms with van der Waals surface area (Å²) in [5.74, 6) is 0.807. The smallest absolute Gasteiger partial charge is 0.187 e. The summed E-state index contributed by atoms with van der Waals surface area (Å²) in [4.78, 5) is 4.73. The Morgan fingerprint density at radius 2 is 1.87 bits per heavy atom. The number of hydrogen-bond acceptors (Lipinski definition) is 4. The van der Waals surface area contributed by atoms with Crippen molar-refractivity contribution in [1.82, 2.24) is 0 Å². The van der Waals surface area contributed by atoms with E-state index in [1.807, 2.05) is 42.5 Å². The van der Waals surface area contributed by atoms with Gasteiger partial charge < -0.3 is 9.57 Å². The van der Waals surface area contributed by atoms with Crippen molar-refractivity contribution in [2.75, 3.05) is 7.11 Å². The second kappa shape index (κ2) is 8.60. The zero-order valence-electron chi connectivity index (χ0n) is 13.5. The van der Waals surface area contributed by atoms with E-state index in [-0.39, 0.29) is 5.71 Å². The molecule has 4 nitrogen and oxygen atoms in total. The number of oxime groups is 1. The number of nitrogens with zero attached hydrogens (tertiary/aromatic N) is 2. The van der Waals surface area contributed by atoms with Gasteiger partial charge in [0.1, 0.15) is 25.5 Å². The highest BCUT2D eigenvalue weighted by Crippen LogP contribution is 2.17. The van der Waals surface area contributed by atoms with Gasteiger partial charge in [-0.2, -0.15) is 5.26 Å². The van der Waals surface area contributed by atoms with Crippen LogP contribution in [0.5, 0.6) is 5.75 Å². The first-order chi connectivity index (χ1) is 11.3. The Morgan fingerprint density at radius 3 is 2.52 bits per heavy atom. The highest BCUT2D eigenvalue weighted by atomic mass is 16.6. The van der Waals surface area contributed by atoms with Gasteiger partial charge in [-0.05, 0) is 29.7 Å². The molecule has 2 rings (SSSR count). The third-order valence-electron chi connectivity index (χ3n) is 3.42. The largest absolute Gasteiger partial charge is 0.489 e. The summed E-state index contributed by atoms with van der Waals surface area (Å²) in [6.07, 6.45) is 2.20. The number of hydrogen-bond donors (Lipinski definition) is 0. The van der Waals surface area contributed by atoms with Crippen LogP contribution in [0.25, 0.3) is 0 Å². The minimum Gasteiger partial charge on any atom is -0.489 e. The highest BCUT2D eigenvalue weighted by Gasteiger charge is 2.10. The van der Waals surface area contributed by atoms with Crippen LogP contribution in [0.3, 0.4) is 0 Å². The molecule has 0 unspecified atom stereocenters. The number of benzene rings is 2. The second-order valence-corrected chi connectivity index (χ2v) is 5.07. The Kier molecular flexibility index (Phi) is 6.19. The average Bonchev–Trinajstić information content (AvgIpc) is 2.60. The normalized spacial score (nSPS) is 10.9. The fraction of sp³-hybridized carbons (Fsp3) is 0.263. The van der Waals surface area contributed by atoms with Crippen LogP contribution in [0.1, 0.15) is 30.0 Å². The van der Waals surface area contributed by atoms with Crippen LogP contribution < -0.4 is 4.74 Å². The molecule has 2 aromatic rings. The van der Waals surface area contributed by atoms with E-state index >= 15 is 0 Å². The molecule has 118 valence electrons. The lowest BCUT2D eigenvalue weighted by atomic mass is 10.0. The molecule has 0 aliphatic carbocycles. The molecule has 0 radical (unpaired) electrons. The fourth-order valence-corrected chi connectivity index (χ4v) is 2.30. The van der Waals surface area contributed by atoms with Crippen LogP contribution in [-0.2, 0) is 17.9 Å². The van der Waals surface area contributed by atoms with Crippen molar-refractivity contribution in [3.63, 3.8) is 0 Å². The van der Waals surface area contributed by atoms with Crippen LogP contribution in [0.4, 0.5) is 0 Å². The summed E-state index contributed by atoms with van der Waals surface area (Å²) in [6, 6.07) is 17.7. The Morgan fingerprint density at radius 1 is 1.13 bits per heavy atom. The molecule has 0 aromatic heterocycles. The highest BCUT2D eigenvalue weighted by molar-refractivity contribution is 6.12. The molecule has 0 amide bonds. The Hall–Kier alpha value is -2.80. The second-order valence-electron chi connectivity index (χ2n) is 5.07. The van der Waals surface area contributed by atoms with Gasteiger partial charge in [-0.3, -0.25) is 0 Å². The van der Waals surface area contributed by atoms with Gasteiger partial charge in [0.15, 0.2) is 5.71 Å². The Balaban J connectivity index is 2.12. The van der Waals surface area contributed by atoms with E-state index in [0.29, 0.717) is 6.61 Å². The molecule has 0 saturated carbocycles. The van der Waals surface area contributed by atoms with E-state index in [9.17, 15) is 5.26 Å². The van der Waals surface area contributed by atoms with Crippen molar-refractivity contribution in [2.45, 2.75) is 26.4 Å². The standard InChI is InChI=1S/C19H20N2O2/c1-3-6-15-9-11-17(12-10-15)23-14-16-7-4-5-8-18(16)19(13-20)21-22-2/h4-5,7-12H,3,6,14H2,1-2H3. The molecule has 0 atom stereocenters. The first-order valence-corrected chi connectivity index (χ1v) is 7.59. The molecular weight excluding hydrogens is 288 g/mol. The molecule has 23 heavy (non-hydrogen) atoms. The van der Waals surface area contributed by atoms with Crippen LogP contribution in [0.15, 0.2) is 53.7 Å². The molecule has 0 aliphatic rings. The molecule has 0 bridgehead atoms. The van der Waals surface area contributed by atoms with Crippen molar-refractivity contribution >= 4 is 5.71 Å². The van der Waals surface area contributed by atoms with Gasteiger partial charge in [0, 0.05) is 5.56 Å². The van der Waals surface area contributed by atoms with Crippen molar-refractivity contribution in [3.8, 4) is 11.8 Å². The number of ether oxygens (including phenoxy) is 1. The summed E-state index contributed by atoms with van der Waals surface area (Å²) in [5.41, 5.74) is 3.16. The maximum atomic E-state index is 9.20. The lowest BCUT2D eigenvalue weighted by Crippen LogP contribution is -2.06. The quantitative estimate of drug-likeness (QED) is 0.572. The van der Waals surface area contributed by atoms with Crippen molar-refractivity contribution < 1.29 is 9.57 Å². The molecule has 0 N–H and O–H groups in total. The first-order valence-electron chi connectivity index (χ1n) is 7.59. The van der Waals surface area contributed by atoms with E-state index in [2.05, 4.69) is 24.2 Å². The van der Waals surface area contributed by atoms with Crippen molar-refractivity contribution in [2.24, 2.45) is 5.16 Å². The van der Waals surface area contributed by atoms with E-state index in [1.54, 1.807) is 0 Å². The predicted octanol–water partition coefficient (Wildman–Crippen LogP) is 4.09. The molecular formula is C19H20N2O2. The van der Waals surface area contributed by atoms with E-state index in [0.717, 1.165) is 29.7 Å². The number of nitriles is 1. The molecule has 0 spiro atoms. The zero-order valence-corrected chi connectivity index (χ0v) is 13.5. The van der Waals surface area contributed by atoms with Crippen LogP contribution >= 0.6 is 0 Å². The number of rotatable bonds is 7. The molecule has 0 saturated heterocycles. The third-order valence-corrected chi connectivity index (χ3v) is 3.42. The topological polar surface area (TPSA) is 54.6 Å². The van der Waals surface area contributed by atoms with E-state index in [4.69, 9.17) is 9.57 Å². The molecule has 0 fully saturated rings. The van der Waals surface area contributed by atoms with Crippen LogP contribution in [0, 0.1) is 11.3 Å². The maximum absolute atomic E-state index is 9.20. The van der Waals surface area contributed by atoms with Crippen LogP contribution in [0.2, 0.25) is 0 Å². The summed E-state index contributed by atoms with van der Waals surface area (Å²) in [7, 11) is 1.42. The summed E-state index contributed by atoms with van der Waals surface area (Å²) in [5, 5.41) is 13.0. The zero-order chi connectivity index (χ0) is 16.5. The van der Waals surface area contributed by atoms with Gasteiger partial charge in [-0.1, -0.05) is 54.9 Å². The third kappa shape index (κ3) is 4.58. The van der Waals surface area contributed by atoms with Gasteiger partial charge >= 0.3 is 0 Å². The van der Waals surface area contributed by atoms with E-state index < -0.39 is 0 Å². The fourth-order valence-electron chi connectivity index (χ4n) is 2.30. The van der Waals surface area contributed by atoms with Gasteiger partial charge in [0.2, 0.25) is 0 Å². The van der Waals surface area contributed by atoms with Crippen LogP contribution in [-0.4, -0.2) is 12.8 Å². The summed E-state index contributed by atoms with van der Waals surface area (Å²) < 4.78 is 5.83. The van der Waals surface area contributed by atoms with Gasteiger partial charge in [0.05, 0.1) is 0 Å². The summed E-state index contributed by atoms with van der Waals surface area (Å²) >= 11 is 0. The van der Waals surface area contributed by atoms with Gasteiger partial charge in [-0.25, -0.2) is 0 Å².